The maximum Gasteiger partial charge on any atom is 0.306 e. The standard InChI is InChI=1S/C102H64O2/c1-30(2)15-14-16-31(3)36-22-23-37-35-21-20-33-29-34(24-27-98(33,4)38(35)25-28-99(36,37)5)104-39(103)19-12-7-6-8-13-26-100(32-17-10-9-11-18-32)101-94-86-78-68-58-50-42-40-41-44-48-46(42)54-62-56(48)66-60-52(44)53-45(41)49-47-43(40)51(50)59-65-55(47)63-57(49)67-61(53)71-70(60)80-74(66)84-76(62)82(72(78)64(54)58)90(94)92(84)96-88(80)89-81(71)75(67)85-77(63)83-73(65)79(69(59)68)87(86)95(101)91(83)93(85)97(89)102(96,100)101/h9-11,17-18,20,30-31,34-38H,6-8,12-16,19,21-29H2,1-5H3/t31-,34+,35+,36-,37+,38+,98+,99-,100?,101?,102?/m1/s1. The SMILES string of the molecule is CC(C)CCC[C@@H](C)[C@H]1CC[C@H]2[C@@H]3CC=C4C[C@@H](OC(=O)CCCCCCCC5(c6ccccc6)C67c8c9c%10c%11c%12c%13c(c%14c%15c6c6c8c8c%16c9c9c%10c%10c%12c%12c%17c%13c%13c%14c%14c%15c%15c6c6c8c8c%16c%16c9c9c%10c%12c%10c%12c%17c%13c%13c%14c%14c%15c6c6c8c8c%16c9c%10c9c%12c%13c%14c6c89)C%1157)CC[C@]4(C)[C@H]3CC[C@]12C. The maximum atomic E-state index is 14.2. The van der Waals surface area contributed by atoms with Crippen molar-refractivity contribution in [2.45, 2.75) is 173 Å². The van der Waals surface area contributed by atoms with Crippen molar-refractivity contribution in [3.8, 4) is 0 Å². The Labute approximate surface area is 591 Å². The molecule has 8 atom stereocenters. The number of benzene rings is 19. The Morgan fingerprint density at radius 1 is 0.394 bits per heavy atom. The average Bonchev–Trinajstić information content (AvgIpc) is 1.36. The molecule has 29 aromatic carbocycles. The number of esters is 1. The number of carbonyl (C=O) groups is 1. The first-order chi connectivity index (χ1) is 51.2. The minimum absolute atomic E-state index is 0.0325. The van der Waals surface area contributed by atoms with Gasteiger partial charge in [0.15, 0.2) is 0 Å². The molecule has 0 unspecified atom stereocenters. The van der Waals surface area contributed by atoms with Crippen molar-refractivity contribution in [3.05, 3.63) is 69.8 Å². The van der Waals surface area contributed by atoms with Crippen molar-refractivity contribution < 1.29 is 9.53 Å². The summed E-state index contributed by atoms with van der Waals surface area (Å²) in [5, 5.41) is 90.6. The normalized spacial score (nSPS) is 29.7. The van der Waals surface area contributed by atoms with E-state index in [1.807, 2.05) is 0 Å². The van der Waals surface area contributed by atoms with Crippen LogP contribution in [0.4, 0.5) is 0 Å². The van der Waals surface area contributed by atoms with Crippen molar-refractivity contribution in [2.75, 3.05) is 0 Å². The van der Waals surface area contributed by atoms with Gasteiger partial charge in [0.25, 0.3) is 0 Å². The highest BCUT2D eigenvalue weighted by Gasteiger charge is 2.94. The van der Waals surface area contributed by atoms with E-state index in [1.165, 1.54) is 70.6 Å². The van der Waals surface area contributed by atoms with E-state index >= 15 is 0 Å². The molecule has 0 heterocycles. The molecule has 0 amide bonds. The quantitative estimate of drug-likeness (QED) is 0.0443. The Balaban J connectivity index is 0.535. The second-order valence-corrected chi connectivity index (χ2v) is 40.4. The summed E-state index contributed by atoms with van der Waals surface area (Å²) in [5.41, 5.74) is 10.5. The summed E-state index contributed by atoms with van der Waals surface area (Å²) < 4.78 is 6.62. The summed E-state index contributed by atoms with van der Waals surface area (Å²) >= 11 is 0. The molecule has 0 N–H and O–H groups in total. The monoisotopic (exact) mass is 1320 g/mol. The highest BCUT2D eigenvalue weighted by atomic mass is 16.5. The Hall–Kier alpha value is -9.11. The second kappa shape index (κ2) is 13.0. The lowest BCUT2D eigenvalue weighted by Gasteiger charge is -2.58. The highest BCUT2D eigenvalue weighted by molar-refractivity contribution is 6.82. The van der Waals surface area contributed by atoms with Gasteiger partial charge in [-0.05, 0) is 423 Å². The molecule has 0 bridgehead atoms. The molecular weight excluding hydrogens is 1260 g/mol. The van der Waals surface area contributed by atoms with Crippen LogP contribution < -0.4 is 0 Å². The van der Waals surface area contributed by atoms with E-state index in [2.05, 4.69) is 71.0 Å². The van der Waals surface area contributed by atoms with Crippen LogP contribution >= 0.6 is 0 Å². The van der Waals surface area contributed by atoms with Crippen molar-refractivity contribution >= 4 is 297 Å². The van der Waals surface area contributed by atoms with Gasteiger partial charge < -0.3 is 4.74 Å². The summed E-state index contributed by atoms with van der Waals surface area (Å²) in [5.74, 6) is 5.10. The van der Waals surface area contributed by atoms with Gasteiger partial charge in [0.2, 0.25) is 0 Å². The Bertz CT molecular complexity index is 8120. The lowest BCUT2D eigenvalue weighted by Crippen LogP contribution is -2.51. The minimum atomic E-state index is -0.273. The summed E-state index contributed by atoms with van der Waals surface area (Å²) in [6.45, 7) is 12.8. The van der Waals surface area contributed by atoms with Crippen LogP contribution in [0.15, 0.2) is 42.0 Å². The molecule has 9 aliphatic rings. The van der Waals surface area contributed by atoms with Gasteiger partial charge >= 0.3 is 5.97 Å². The van der Waals surface area contributed by atoms with Gasteiger partial charge in [-0.15, -0.1) is 0 Å². The third kappa shape index (κ3) is 3.45. The number of allylic oxidation sites excluding steroid dienone is 1. The average molecular weight is 1320 g/mol. The van der Waals surface area contributed by atoms with Gasteiger partial charge in [0.05, 0.1) is 0 Å². The van der Waals surface area contributed by atoms with Crippen LogP contribution in [-0.4, -0.2) is 12.1 Å². The van der Waals surface area contributed by atoms with Crippen molar-refractivity contribution in [3.63, 3.8) is 0 Å². The first-order valence-corrected chi connectivity index (χ1v) is 41.9. The van der Waals surface area contributed by atoms with Gasteiger partial charge in [-0.3, -0.25) is 4.79 Å². The number of rotatable bonds is 15. The molecule has 104 heavy (non-hydrogen) atoms. The predicted octanol–water partition coefficient (Wildman–Crippen LogP) is 27.9. The van der Waals surface area contributed by atoms with E-state index in [4.69, 9.17) is 4.74 Å². The molecule has 0 aromatic heterocycles. The van der Waals surface area contributed by atoms with E-state index in [-0.39, 0.29) is 33.7 Å². The summed E-state index contributed by atoms with van der Waals surface area (Å²) in [7, 11) is 0. The fourth-order valence-electron chi connectivity index (χ4n) is 36.6. The smallest absolute Gasteiger partial charge is 0.306 e. The van der Waals surface area contributed by atoms with Gasteiger partial charge in [0, 0.05) is 29.1 Å². The second-order valence-electron chi connectivity index (χ2n) is 40.4. The molecule has 38 rings (SSSR count). The maximum absolute atomic E-state index is 14.2. The van der Waals surface area contributed by atoms with E-state index in [0.717, 1.165) is 74.0 Å². The third-order valence-electron chi connectivity index (χ3n) is 38.3. The zero-order chi connectivity index (χ0) is 65.4. The summed E-state index contributed by atoms with van der Waals surface area (Å²) in [6.07, 6.45) is 24.3. The van der Waals surface area contributed by atoms with Crippen LogP contribution in [0, 0.1) is 46.3 Å². The van der Waals surface area contributed by atoms with Gasteiger partial charge in [-0.2, -0.15) is 0 Å². The largest absolute Gasteiger partial charge is 0.462 e. The first-order valence-electron chi connectivity index (χ1n) is 41.9. The highest BCUT2D eigenvalue weighted by Crippen LogP contribution is 2.97. The molecule has 29 aromatic rings. The van der Waals surface area contributed by atoms with E-state index in [9.17, 15) is 4.79 Å². The zero-order valence-electron chi connectivity index (χ0n) is 59.0. The van der Waals surface area contributed by atoms with E-state index < -0.39 is 0 Å². The molecule has 0 radical (unpaired) electrons. The first kappa shape index (κ1) is 48.8. The molecule has 2 heteroatoms. The number of hydrogen-bond donors (Lipinski definition) is 0. The van der Waals surface area contributed by atoms with Crippen LogP contribution in [0.2, 0.25) is 0 Å². The van der Waals surface area contributed by atoms with Crippen LogP contribution in [0.5, 0.6) is 0 Å². The molecule has 2 nitrogen and oxygen atoms in total. The molecule has 484 valence electrons. The number of fused-ring (bicyclic) bond motifs is 5. The topological polar surface area (TPSA) is 26.3 Å². The molecule has 0 aliphatic heterocycles. The number of hydrogen-bond acceptors (Lipinski definition) is 2. The van der Waals surface area contributed by atoms with Crippen molar-refractivity contribution in [1.82, 2.24) is 0 Å². The molecule has 4 fully saturated rings. The van der Waals surface area contributed by atoms with Gasteiger partial charge in [-0.25, -0.2) is 0 Å². The summed E-state index contributed by atoms with van der Waals surface area (Å²) in [6, 6.07) is 12.6. The van der Waals surface area contributed by atoms with E-state index in [1.54, 1.807) is 324 Å². The predicted molar refractivity (Wildman–Crippen MR) is 437 cm³/mol. The minimum Gasteiger partial charge on any atom is -0.462 e. The van der Waals surface area contributed by atoms with Crippen LogP contribution in [0.1, 0.15) is 178 Å². The van der Waals surface area contributed by atoms with Crippen molar-refractivity contribution in [2.24, 2.45) is 46.3 Å². The number of carbonyl (C=O) groups excluding carboxylic acids is 1. The molecule has 4 saturated carbocycles. The molecular formula is C102H64O2. The third-order valence-corrected chi connectivity index (χ3v) is 38.3. The Morgan fingerprint density at radius 2 is 0.760 bits per heavy atom. The van der Waals surface area contributed by atoms with Crippen LogP contribution in [0.25, 0.3) is 291 Å². The van der Waals surface area contributed by atoms with E-state index in [0.29, 0.717) is 11.8 Å². The lowest BCUT2D eigenvalue weighted by molar-refractivity contribution is -0.151. The molecule has 0 saturated heterocycles. The molecule has 9 aliphatic carbocycles. The number of unbranched alkanes of at least 4 members (excludes halogenated alkanes) is 4. The number of ether oxygens (including phenoxy) is 1. The Morgan fingerprint density at radius 3 is 1.14 bits per heavy atom. The lowest BCUT2D eigenvalue weighted by atomic mass is 9.47. The van der Waals surface area contributed by atoms with Crippen LogP contribution in [-0.2, 0) is 25.8 Å². The molecule has 2 spiro atoms. The fourth-order valence-corrected chi connectivity index (χ4v) is 36.6. The van der Waals surface area contributed by atoms with Gasteiger partial charge in [0.1, 0.15) is 6.10 Å². The fraction of sp³-hybridized carbons (Fsp3) is 0.343. The van der Waals surface area contributed by atoms with Gasteiger partial charge in [-0.1, -0.05) is 122 Å². The zero-order valence-corrected chi connectivity index (χ0v) is 59.0. The van der Waals surface area contributed by atoms with Crippen LogP contribution in [0.3, 0.4) is 0 Å². The Kier molecular flexibility index (Phi) is 6.09. The van der Waals surface area contributed by atoms with Crippen molar-refractivity contribution in [1.29, 1.82) is 0 Å². The summed E-state index contributed by atoms with van der Waals surface area (Å²) in [4.78, 5) is 14.2.